The Morgan fingerprint density at radius 3 is 2.87 bits per heavy atom. The monoisotopic (exact) mass is 335 g/mol. The summed E-state index contributed by atoms with van der Waals surface area (Å²) in [7, 11) is -3.09. The van der Waals surface area contributed by atoms with E-state index in [1.807, 2.05) is 23.7 Å². The predicted molar refractivity (Wildman–Crippen MR) is 87.2 cm³/mol. The Kier molecular flexibility index (Phi) is 4.45. The van der Waals surface area contributed by atoms with Gasteiger partial charge in [-0.15, -0.1) is 0 Å². The molecule has 0 N–H and O–H groups in total. The Balaban J connectivity index is 1.74. The van der Waals surface area contributed by atoms with E-state index in [2.05, 4.69) is 15.1 Å². The molecule has 1 aliphatic heterocycles. The van der Waals surface area contributed by atoms with Gasteiger partial charge in [-0.1, -0.05) is 0 Å². The minimum absolute atomic E-state index is 0.309. The number of aryl methyl sites for hydroxylation is 1. The van der Waals surface area contributed by atoms with Crippen molar-refractivity contribution in [3.8, 4) is 11.4 Å². The van der Waals surface area contributed by atoms with Crippen molar-refractivity contribution in [2.24, 2.45) is 5.92 Å². The van der Waals surface area contributed by atoms with Crippen molar-refractivity contribution in [3.05, 3.63) is 30.4 Å². The summed E-state index contributed by atoms with van der Waals surface area (Å²) in [6, 6.07) is 3.92. The molecule has 2 aromatic rings. The van der Waals surface area contributed by atoms with Crippen LogP contribution in [0.25, 0.3) is 11.4 Å². The van der Waals surface area contributed by atoms with E-state index in [1.54, 1.807) is 16.8 Å². The highest BCUT2D eigenvalue weighted by Gasteiger charge is 2.28. The van der Waals surface area contributed by atoms with Crippen molar-refractivity contribution in [1.82, 2.24) is 24.1 Å². The first kappa shape index (κ1) is 16.1. The first-order valence-corrected chi connectivity index (χ1v) is 9.60. The molecule has 1 saturated heterocycles. The third kappa shape index (κ3) is 3.59. The third-order valence-corrected chi connectivity index (χ3v) is 5.49. The van der Waals surface area contributed by atoms with E-state index >= 15 is 0 Å². The van der Waals surface area contributed by atoms with Crippen molar-refractivity contribution in [2.45, 2.75) is 26.3 Å². The average Bonchev–Trinajstić information content (AvgIpc) is 3.15. The van der Waals surface area contributed by atoms with Gasteiger partial charge < -0.3 is 0 Å². The van der Waals surface area contributed by atoms with Gasteiger partial charge in [-0.3, -0.25) is 4.68 Å². The van der Waals surface area contributed by atoms with Crippen molar-refractivity contribution in [2.75, 3.05) is 19.3 Å². The molecule has 2 aromatic heterocycles. The first-order chi connectivity index (χ1) is 11.0. The highest BCUT2D eigenvalue weighted by atomic mass is 32.2. The van der Waals surface area contributed by atoms with Crippen LogP contribution in [0.4, 0.5) is 0 Å². The molecule has 0 aliphatic carbocycles. The number of hydrogen-bond donors (Lipinski definition) is 0. The van der Waals surface area contributed by atoms with Gasteiger partial charge >= 0.3 is 0 Å². The van der Waals surface area contributed by atoms with E-state index in [1.165, 1.54) is 6.26 Å². The lowest BCUT2D eigenvalue weighted by atomic mass is 10.0. The Labute approximate surface area is 136 Å². The van der Waals surface area contributed by atoms with Gasteiger partial charge in [0.1, 0.15) is 6.33 Å². The van der Waals surface area contributed by atoms with Crippen LogP contribution in [0.1, 0.15) is 19.0 Å². The molecule has 0 unspecified atom stereocenters. The van der Waals surface area contributed by atoms with Crippen LogP contribution in [0.5, 0.6) is 0 Å². The lowest BCUT2D eigenvalue weighted by Gasteiger charge is -2.13. The Morgan fingerprint density at radius 1 is 1.35 bits per heavy atom. The zero-order valence-corrected chi connectivity index (χ0v) is 14.2. The molecule has 1 fully saturated rings. The molecular weight excluding hydrogens is 314 g/mol. The summed E-state index contributed by atoms with van der Waals surface area (Å²) in [4.78, 5) is 8.69. The van der Waals surface area contributed by atoms with Crippen LogP contribution in [0.15, 0.2) is 24.7 Å². The van der Waals surface area contributed by atoms with Crippen LogP contribution >= 0.6 is 0 Å². The van der Waals surface area contributed by atoms with Crippen LogP contribution in [0, 0.1) is 5.92 Å². The van der Waals surface area contributed by atoms with Gasteiger partial charge in [-0.2, -0.15) is 5.10 Å². The van der Waals surface area contributed by atoms with Gasteiger partial charge in [-0.05, 0) is 37.8 Å². The van der Waals surface area contributed by atoms with Crippen molar-refractivity contribution < 1.29 is 8.42 Å². The molecule has 8 heteroatoms. The predicted octanol–water partition coefficient (Wildman–Crippen LogP) is 1.18. The molecule has 1 atom stereocenters. The maximum absolute atomic E-state index is 11.6. The third-order valence-electron chi connectivity index (χ3n) is 4.22. The van der Waals surface area contributed by atoms with Gasteiger partial charge in [-0.25, -0.2) is 22.7 Å². The normalized spacial score (nSPS) is 19.3. The Bertz CT molecular complexity index is 787. The lowest BCUT2D eigenvalue weighted by molar-refractivity contribution is 0.459. The quantitative estimate of drug-likeness (QED) is 0.820. The number of nitrogens with zero attached hydrogens (tertiary/aromatic N) is 5. The fourth-order valence-corrected chi connectivity index (χ4v) is 3.93. The molecule has 0 saturated carbocycles. The molecule has 23 heavy (non-hydrogen) atoms. The molecule has 7 nitrogen and oxygen atoms in total. The van der Waals surface area contributed by atoms with E-state index in [9.17, 15) is 8.42 Å². The Hall–Kier alpha value is -1.80. The van der Waals surface area contributed by atoms with Crippen LogP contribution in [0.3, 0.4) is 0 Å². The van der Waals surface area contributed by atoms with Gasteiger partial charge in [0.05, 0.1) is 17.6 Å². The summed E-state index contributed by atoms with van der Waals surface area (Å²) in [6.45, 7) is 4.00. The second-order valence-electron chi connectivity index (χ2n) is 5.91. The molecule has 3 heterocycles. The van der Waals surface area contributed by atoms with E-state index in [0.717, 1.165) is 36.5 Å². The standard InChI is InChI=1S/C15H21N5O2S/c1-3-20-15(4-6-18-20)14-9-13(16-11-17-14)8-12-5-7-19(10-12)23(2,21)22/h4,6,9,11-12H,3,5,7-8,10H2,1-2H3/t12-/m0/s1. The smallest absolute Gasteiger partial charge is 0.211 e. The number of sulfonamides is 1. The molecule has 0 aromatic carbocycles. The zero-order valence-electron chi connectivity index (χ0n) is 13.4. The molecule has 0 bridgehead atoms. The van der Waals surface area contributed by atoms with Crippen molar-refractivity contribution in [3.63, 3.8) is 0 Å². The lowest BCUT2D eigenvalue weighted by Crippen LogP contribution is -2.27. The summed E-state index contributed by atoms with van der Waals surface area (Å²) < 4.78 is 26.6. The second kappa shape index (κ2) is 6.37. The molecule has 0 radical (unpaired) electrons. The van der Waals surface area contributed by atoms with Crippen LogP contribution in [-0.4, -0.2) is 51.8 Å². The maximum Gasteiger partial charge on any atom is 0.211 e. The summed E-state index contributed by atoms with van der Waals surface area (Å²) in [5.41, 5.74) is 2.77. The molecule has 0 spiro atoms. The highest BCUT2D eigenvalue weighted by Crippen LogP contribution is 2.23. The van der Waals surface area contributed by atoms with Gasteiger partial charge in [0, 0.05) is 31.5 Å². The summed E-state index contributed by atoms with van der Waals surface area (Å²) in [5.74, 6) is 0.309. The summed E-state index contributed by atoms with van der Waals surface area (Å²) in [5, 5.41) is 4.26. The highest BCUT2D eigenvalue weighted by molar-refractivity contribution is 7.88. The topological polar surface area (TPSA) is 81.0 Å². The van der Waals surface area contributed by atoms with E-state index in [4.69, 9.17) is 0 Å². The number of aromatic nitrogens is 4. The second-order valence-corrected chi connectivity index (χ2v) is 7.89. The van der Waals surface area contributed by atoms with E-state index in [0.29, 0.717) is 19.0 Å². The molecule has 3 rings (SSSR count). The molecule has 124 valence electrons. The zero-order chi connectivity index (χ0) is 16.4. The minimum Gasteiger partial charge on any atom is -0.264 e. The molecular formula is C15H21N5O2S. The van der Waals surface area contributed by atoms with Gasteiger partial charge in [0.15, 0.2) is 0 Å². The fraction of sp³-hybridized carbons (Fsp3) is 0.533. The van der Waals surface area contributed by atoms with Gasteiger partial charge in [0.25, 0.3) is 0 Å². The van der Waals surface area contributed by atoms with Crippen molar-refractivity contribution >= 4 is 10.0 Å². The Morgan fingerprint density at radius 2 is 2.17 bits per heavy atom. The number of hydrogen-bond acceptors (Lipinski definition) is 5. The largest absolute Gasteiger partial charge is 0.264 e. The summed E-state index contributed by atoms with van der Waals surface area (Å²) in [6.07, 6.45) is 6.24. The molecule has 0 amide bonds. The van der Waals surface area contributed by atoms with Crippen LogP contribution in [0.2, 0.25) is 0 Å². The number of rotatable bonds is 5. The van der Waals surface area contributed by atoms with Gasteiger partial charge in [0.2, 0.25) is 10.0 Å². The first-order valence-electron chi connectivity index (χ1n) is 7.75. The summed E-state index contributed by atoms with van der Waals surface area (Å²) >= 11 is 0. The van der Waals surface area contributed by atoms with Crippen LogP contribution < -0.4 is 0 Å². The molecule has 1 aliphatic rings. The average molecular weight is 335 g/mol. The maximum atomic E-state index is 11.6. The van der Waals surface area contributed by atoms with Crippen LogP contribution in [-0.2, 0) is 23.0 Å². The fourth-order valence-electron chi connectivity index (χ4n) is 3.01. The van der Waals surface area contributed by atoms with Crippen molar-refractivity contribution in [1.29, 1.82) is 0 Å². The SMILES string of the molecule is CCn1nccc1-c1cc(C[C@@H]2CCN(S(C)(=O)=O)C2)ncn1. The minimum atomic E-state index is -3.09. The van der Waals surface area contributed by atoms with E-state index < -0.39 is 10.0 Å². The van der Waals surface area contributed by atoms with E-state index in [-0.39, 0.29) is 0 Å².